The number of carbonyl (C=O) groups is 1. The van der Waals surface area contributed by atoms with Gasteiger partial charge in [0.15, 0.2) is 5.96 Å². The highest BCUT2D eigenvalue weighted by atomic mass is 16.1. The largest absolute Gasteiger partial charge is 0.370 e. The summed E-state index contributed by atoms with van der Waals surface area (Å²) in [7, 11) is 0. The molecule has 1 amide bonds. The third-order valence-corrected chi connectivity index (χ3v) is 3.35. The minimum Gasteiger partial charge on any atom is -0.370 e. The second-order valence-corrected chi connectivity index (χ2v) is 4.87. The van der Waals surface area contributed by atoms with E-state index >= 15 is 0 Å². The highest BCUT2D eigenvalue weighted by molar-refractivity contribution is 5.92. The predicted molar refractivity (Wildman–Crippen MR) is 77.5 cm³/mol. The van der Waals surface area contributed by atoms with Gasteiger partial charge >= 0.3 is 0 Å². The number of carbonyl (C=O) groups excluding carboxylic acids is 1. The van der Waals surface area contributed by atoms with E-state index in [4.69, 9.17) is 5.73 Å². The molecule has 0 bridgehead atoms. The normalized spacial score (nSPS) is 16.8. The standard InChI is InChI=1S/C13H22N6O/c14-13(19-9-3-1-2-4-10-19)16-8-7-15-12(20)11-5-6-17-18-11/h5-6H,1-4,7-10H2,(H2,14,16)(H,15,20)(H,17,18). The van der Waals surface area contributed by atoms with Gasteiger partial charge in [-0.3, -0.25) is 14.9 Å². The SMILES string of the molecule is NC(=NCCNC(=O)c1ccn[nH]1)N1CCCCCC1. The number of nitrogens with two attached hydrogens (primary N) is 1. The Kier molecular flexibility index (Phi) is 5.40. The molecule has 2 rings (SSSR count). The monoisotopic (exact) mass is 278 g/mol. The maximum absolute atomic E-state index is 11.6. The number of likely N-dealkylation sites (tertiary alicyclic amines) is 1. The van der Waals surface area contributed by atoms with Gasteiger partial charge in [0.25, 0.3) is 5.91 Å². The molecule has 0 aromatic carbocycles. The lowest BCUT2D eigenvalue weighted by Crippen LogP contribution is -2.38. The molecule has 1 aliphatic heterocycles. The van der Waals surface area contributed by atoms with E-state index in [1.165, 1.54) is 25.7 Å². The first-order valence-corrected chi connectivity index (χ1v) is 7.10. The van der Waals surface area contributed by atoms with Crippen LogP contribution in [0.2, 0.25) is 0 Å². The summed E-state index contributed by atoms with van der Waals surface area (Å²) in [5, 5.41) is 9.11. The summed E-state index contributed by atoms with van der Waals surface area (Å²) in [5.74, 6) is 0.411. The fourth-order valence-electron chi connectivity index (χ4n) is 2.22. The number of guanidine groups is 1. The van der Waals surface area contributed by atoms with E-state index in [2.05, 4.69) is 25.4 Å². The molecular formula is C13H22N6O. The highest BCUT2D eigenvalue weighted by Gasteiger charge is 2.10. The van der Waals surface area contributed by atoms with Gasteiger partial charge in [0.05, 0.1) is 6.54 Å². The molecule has 2 heterocycles. The zero-order chi connectivity index (χ0) is 14.2. The van der Waals surface area contributed by atoms with Crippen LogP contribution in [0.1, 0.15) is 36.2 Å². The Morgan fingerprint density at radius 1 is 1.40 bits per heavy atom. The van der Waals surface area contributed by atoms with E-state index in [-0.39, 0.29) is 5.91 Å². The number of aromatic nitrogens is 2. The summed E-state index contributed by atoms with van der Waals surface area (Å²) < 4.78 is 0. The number of nitrogens with one attached hydrogen (secondary N) is 2. The minimum atomic E-state index is -0.175. The van der Waals surface area contributed by atoms with Gasteiger partial charge in [-0.15, -0.1) is 0 Å². The zero-order valence-corrected chi connectivity index (χ0v) is 11.6. The fraction of sp³-hybridized carbons (Fsp3) is 0.615. The Balaban J connectivity index is 1.71. The summed E-state index contributed by atoms with van der Waals surface area (Å²) in [5.41, 5.74) is 6.43. The molecule has 110 valence electrons. The van der Waals surface area contributed by atoms with E-state index in [0.717, 1.165) is 13.1 Å². The van der Waals surface area contributed by atoms with Crippen LogP contribution in [0, 0.1) is 0 Å². The predicted octanol–water partition coefficient (Wildman–Crippen LogP) is 0.330. The number of hydrogen-bond donors (Lipinski definition) is 3. The number of H-pyrrole nitrogens is 1. The summed E-state index contributed by atoms with van der Waals surface area (Å²) >= 11 is 0. The van der Waals surface area contributed by atoms with Crippen LogP contribution in [0.15, 0.2) is 17.3 Å². The van der Waals surface area contributed by atoms with Crippen molar-refractivity contribution < 1.29 is 4.79 Å². The number of amides is 1. The van der Waals surface area contributed by atoms with Gasteiger partial charge in [-0.1, -0.05) is 12.8 Å². The van der Waals surface area contributed by atoms with Crippen molar-refractivity contribution >= 4 is 11.9 Å². The molecule has 1 aromatic rings. The first-order valence-electron chi connectivity index (χ1n) is 7.10. The fourth-order valence-corrected chi connectivity index (χ4v) is 2.22. The lowest BCUT2D eigenvalue weighted by molar-refractivity contribution is 0.0950. The van der Waals surface area contributed by atoms with Gasteiger partial charge < -0.3 is 16.0 Å². The molecule has 0 unspecified atom stereocenters. The van der Waals surface area contributed by atoms with E-state index in [1.54, 1.807) is 12.3 Å². The number of nitrogens with zero attached hydrogens (tertiary/aromatic N) is 3. The van der Waals surface area contributed by atoms with Gasteiger partial charge in [0, 0.05) is 25.8 Å². The molecule has 0 radical (unpaired) electrons. The van der Waals surface area contributed by atoms with E-state index in [1.807, 2.05) is 0 Å². The zero-order valence-electron chi connectivity index (χ0n) is 11.6. The second-order valence-electron chi connectivity index (χ2n) is 4.87. The molecule has 7 heteroatoms. The molecule has 20 heavy (non-hydrogen) atoms. The molecule has 0 aliphatic carbocycles. The van der Waals surface area contributed by atoms with Crippen LogP contribution in [0.4, 0.5) is 0 Å². The van der Waals surface area contributed by atoms with Gasteiger partial charge in [0.1, 0.15) is 5.69 Å². The van der Waals surface area contributed by atoms with E-state index in [0.29, 0.717) is 24.7 Å². The van der Waals surface area contributed by atoms with Crippen molar-refractivity contribution in [1.29, 1.82) is 0 Å². The third-order valence-electron chi connectivity index (χ3n) is 3.35. The van der Waals surface area contributed by atoms with Crippen molar-refractivity contribution in [2.75, 3.05) is 26.2 Å². The quantitative estimate of drug-likeness (QED) is 0.420. The lowest BCUT2D eigenvalue weighted by Gasteiger charge is -2.21. The maximum Gasteiger partial charge on any atom is 0.269 e. The first kappa shape index (κ1) is 14.4. The second kappa shape index (κ2) is 7.52. The number of rotatable bonds is 4. The maximum atomic E-state index is 11.6. The van der Waals surface area contributed by atoms with Crippen LogP contribution in [0.3, 0.4) is 0 Å². The number of hydrogen-bond acceptors (Lipinski definition) is 3. The van der Waals surface area contributed by atoms with Crippen LogP contribution < -0.4 is 11.1 Å². The lowest BCUT2D eigenvalue weighted by atomic mass is 10.2. The highest BCUT2D eigenvalue weighted by Crippen LogP contribution is 2.08. The Morgan fingerprint density at radius 3 is 2.80 bits per heavy atom. The van der Waals surface area contributed by atoms with Crippen LogP contribution in [0.5, 0.6) is 0 Å². The third kappa shape index (κ3) is 4.25. The summed E-state index contributed by atoms with van der Waals surface area (Å²) in [6, 6.07) is 1.63. The van der Waals surface area contributed by atoms with Crippen molar-refractivity contribution in [3.8, 4) is 0 Å². The summed E-state index contributed by atoms with van der Waals surface area (Å²) in [6.45, 7) is 2.92. The van der Waals surface area contributed by atoms with Crippen molar-refractivity contribution in [3.05, 3.63) is 18.0 Å². The van der Waals surface area contributed by atoms with Crippen molar-refractivity contribution in [3.63, 3.8) is 0 Å². The van der Waals surface area contributed by atoms with Crippen molar-refractivity contribution in [2.45, 2.75) is 25.7 Å². The van der Waals surface area contributed by atoms with Crippen LogP contribution in [0.25, 0.3) is 0 Å². The Labute approximate surface area is 118 Å². The number of aliphatic imine (C=N–C) groups is 1. The van der Waals surface area contributed by atoms with Crippen LogP contribution in [-0.2, 0) is 0 Å². The average molecular weight is 278 g/mol. The molecule has 1 aromatic heterocycles. The summed E-state index contributed by atoms with van der Waals surface area (Å²) in [4.78, 5) is 18.1. The van der Waals surface area contributed by atoms with E-state index < -0.39 is 0 Å². The summed E-state index contributed by atoms with van der Waals surface area (Å²) in [6.07, 6.45) is 6.43. The molecule has 1 aliphatic rings. The van der Waals surface area contributed by atoms with Crippen molar-refractivity contribution in [1.82, 2.24) is 20.4 Å². The van der Waals surface area contributed by atoms with Gasteiger partial charge in [0.2, 0.25) is 0 Å². The molecule has 7 nitrogen and oxygen atoms in total. The average Bonchev–Trinajstić information content (AvgIpc) is 2.85. The Morgan fingerprint density at radius 2 is 2.15 bits per heavy atom. The molecule has 0 saturated carbocycles. The van der Waals surface area contributed by atoms with Gasteiger partial charge in [-0.2, -0.15) is 5.10 Å². The molecule has 1 saturated heterocycles. The molecule has 4 N–H and O–H groups in total. The van der Waals surface area contributed by atoms with Crippen molar-refractivity contribution in [2.24, 2.45) is 10.7 Å². The van der Waals surface area contributed by atoms with Gasteiger partial charge in [-0.05, 0) is 18.9 Å². The van der Waals surface area contributed by atoms with Crippen LogP contribution >= 0.6 is 0 Å². The molecule has 1 fully saturated rings. The van der Waals surface area contributed by atoms with E-state index in [9.17, 15) is 4.79 Å². The minimum absolute atomic E-state index is 0.175. The molecule has 0 spiro atoms. The van der Waals surface area contributed by atoms with Crippen LogP contribution in [-0.4, -0.2) is 53.1 Å². The topological polar surface area (TPSA) is 99.4 Å². The Bertz CT molecular complexity index is 434. The molecule has 0 atom stereocenters. The first-order chi connectivity index (χ1) is 9.77. The smallest absolute Gasteiger partial charge is 0.269 e. The van der Waals surface area contributed by atoms with Gasteiger partial charge in [-0.25, -0.2) is 0 Å². The Hall–Kier alpha value is -2.05. The number of aromatic amines is 1. The molecular weight excluding hydrogens is 256 g/mol.